The molecule has 0 aliphatic carbocycles. The Hall–Kier alpha value is -2.86. The smallest absolute Gasteiger partial charge is 0.275 e. The van der Waals surface area contributed by atoms with Crippen LogP contribution in [0.25, 0.3) is 23.1 Å². The maximum Gasteiger partial charge on any atom is 0.275 e. The van der Waals surface area contributed by atoms with E-state index in [4.69, 9.17) is 0 Å². The molecule has 0 atom stereocenters. The number of nitrogens with zero attached hydrogens (tertiary/aromatic N) is 2. The number of pyridine rings is 1. The van der Waals surface area contributed by atoms with E-state index in [1.807, 2.05) is 0 Å². The molecule has 4 rings (SSSR count). The Balaban J connectivity index is 0.00000306. The van der Waals surface area contributed by atoms with Crippen molar-refractivity contribution >= 4 is 34.6 Å². The van der Waals surface area contributed by atoms with E-state index in [1.165, 1.54) is 33.3 Å². The monoisotopic (exact) mass is 549 g/mol. The van der Waals surface area contributed by atoms with Crippen molar-refractivity contribution in [3.8, 4) is 0 Å². The number of para-hydroxylation sites is 1. The van der Waals surface area contributed by atoms with E-state index in [0.717, 1.165) is 25.2 Å². The molecule has 0 fully saturated rings. The van der Waals surface area contributed by atoms with Crippen LogP contribution in [0.4, 0.5) is 11.5 Å². The summed E-state index contributed by atoms with van der Waals surface area (Å²) in [5.41, 5.74) is 6.25. The molecular formula is C29H32IN3. The summed E-state index contributed by atoms with van der Waals surface area (Å²) >= 11 is 0. The lowest BCUT2D eigenvalue weighted by Crippen LogP contribution is -3.00. The molecule has 3 aromatic carbocycles. The van der Waals surface area contributed by atoms with Gasteiger partial charge in [0, 0.05) is 31.2 Å². The largest absolute Gasteiger partial charge is 1.00 e. The van der Waals surface area contributed by atoms with E-state index in [9.17, 15) is 0 Å². The molecule has 4 aromatic rings. The van der Waals surface area contributed by atoms with Crippen molar-refractivity contribution in [2.75, 3.05) is 30.9 Å². The lowest BCUT2D eigenvalue weighted by molar-refractivity contribution is -0.630. The highest BCUT2D eigenvalue weighted by Gasteiger charge is 2.13. The van der Waals surface area contributed by atoms with Crippen molar-refractivity contribution in [1.82, 2.24) is 0 Å². The van der Waals surface area contributed by atoms with Crippen LogP contribution in [0.3, 0.4) is 0 Å². The first-order valence-corrected chi connectivity index (χ1v) is 11.3. The average Bonchev–Trinajstić information content (AvgIpc) is 2.83. The van der Waals surface area contributed by atoms with Crippen molar-refractivity contribution in [2.24, 2.45) is 7.05 Å². The summed E-state index contributed by atoms with van der Waals surface area (Å²) in [7, 11) is 6.26. The van der Waals surface area contributed by atoms with Gasteiger partial charge in [0.15, 0.2) is 0 Å². The second kappa shape index (κ2) is 11.8. The molecule has 0 saturated carbocycles. The number of hydrogen-bond donors (Lipinski definition) is 1. The van der Waals surface area contributed by atoms with Gasteiger partial charge in [-0.1, -0.05) is 72.8 Å². The minimum atomic E-state index is 0. The van der Waals surface area contributed by atoms with Gasteiger partial charge in [-0.2, -0.15) is 0 Å². The summed E-state index contributed by atoms with van der Waals surface area (Å²) < 4.78 is 2.25. The van der Waals surface area contributed by atoms with Gasteiger partial charge in [0.05, 0.1) is 13.6 Å². The molecule has 3 nitrogen and oxygen atoms in total. The van der Waals surface area contributed by atoms with Gasteiger partial charge < -0.3 is 28.9 Å². The third-order valence-electron chi connectivity index (χ3n) is 5.89. The highest BCUT2D eigenvalue weighted by atomic mass is 127. The number of aromatic nitrogens is 1. The predicted molar refractivity (Wildman–Crippen MR) is 138 cm³/mol. The van der Waals surface area contributed by atoms with Gasteiger partial charge in [-0.3, -0.25) is 5.32 Å². The Labute approximate surface area is 214 Å². The SMILES string of the molecule is CN(C)c1ccc(/C=C/c2cc(NCCCc3ccccc3)[n+](C)c3ccccc23)cc1.[I-]. The zero-order valence-electron chi connectivity index (χ0n) is 19.6. The minimum Gasteiger partial charge on any atom is -1.00 e. The van der Waals surface area contributed by atoms with Crippen LogP contribution in [-0.4, -0.2) is 20.6 Å². The van der Waals surface area contributed by atoms with Gasteiger partial charge in [0.1, 0.15) is 5.52 Å². The molecule has 1 N–H and O–H groups in total. The predicted octanol–water partition coefficient (Wildman–Crippen LogP) is 2.95. The summed E-state index contributed by atoms with van der Waals surface area (Å²) in [6, 6.07) is 30.2. The molecule has 1 heterocycles. The number of fused-ring (bicyclic) bond motifs is 1. The molecule has 0 bridgehead atoms. The first-order chi connectivity index (χ1) is 15.6. The van der Waals surface area contributed by atoms with E-state index >= 15 is 0 Å². The quantitative estimate of drug-likeness (QED) is 0.207. The Bertz CT molecular complexity index is 1200. The van der Waals surface area contributed by atoms with Crippen molar-refractivity contribution in [1.29, 1.82) is 0 Å². The topological polar surface area (TPSA) is 19.1 Å². The van der Waals surface area contributed by atoms with Gasteiger partial charge in [-0.05, 0) is 47.7 Å². The van der Waals surface area contributed by atoms with Crippen LogP contribution in [0.1, 0.15) is 23.1 Å². The molecule has 0 spiro atoms. The maximum absolute atomic E-state index is 3.66. The summed E-state index contributed by atoms with van der Waals surface area (Å²) in [4.78, 5) is 2.12. The number of rotatable bonds is 8. The van der Waals surface area contributed by atoms with E-state index in [1.54, 1.807) is 0 Å². The summed E-state index contributed by atoms with van der Waals surface area (Å²) in [6.45, 7) is 0.941. The lowest BCUT2D eigenvalue weighted by atomic mass is 10.1. The highest BCUT2D eigenvalue weighted by Crippen LogP contribution is 2.22. The molecule has 33 heavy (non-hydrogen) atoms. The molecule has 0 radical (unpaired) electrons. The Kier molecular flexibility index (Phi) is 8.89. The van der Waals surface area contributed by atoms with Crippen molar-refractivity contribution in [2.45, 2.75) is 12.8 Å². The number of aryl methyl sites for hydroxylation is 2. The first-order valence-electron chi connectivity index (χ1n) is 11.3. The van der Waals surface area contributed by atoms with Crippen LogP contribution < -0.4 is 38.8 Å². The molecule has 0 unspecified atom stereocenters. The normalized spacial score (nSPS) is 10.9. The molecule has 0 amide bonds. The molecule has 0 saturated heterocycles. The fourth-order valence-electron chi connectivity index (χ4n) is 3.99. The molecule has 0 aliphatic heterocycles. The van der Waals surface area contributed by atoms with E-state index in [0.29, 0.717) is 0 Å². The van der Waals surface area contributed by atoms with Gasteiger partial charge in [0.25, 0.3) is 5.82 Å². The molecule has 1 aromatic heterocycles. The maximum atomic E-state index is 3.66. The molecular weight excluding hydrogens is 517 g/mol. The van der Waals surface area contributed by atoms with Gasteiger partial charge >= 0.3 is 0 Å². The molecule has 0 aliphatic rings. The highest BCUT2D eigenvalue weighted by molar-refractivity contribution is 5.90. The van der Waals surface area contributed by atoms with Crippen molar-refractivity contribution in [3.05, 3.63) is 102 Å². The van der Waals surface area contributed by atoms with Crippen molar-refractivity contribution in [3.63, 3.8) is 0 Å². The first kappa shape index (κ1) is 24.8. The van der Waals surface area contributed by atoms with Crippen molar-refractivity contribution < 1.29 is 28.5 Å². The standard InChI is InChI=1S/C29H31N3.HI/c1-31(2)26-19-16-24(17-20-26)15-18-25-22-29(32(3)28-14-8-7-13-27(25)28)30-21-9-12-23-10-5-4-6-11-23;/h4-8,10-11,13-20,22H,9,12,21H2,1-3H3;1H/b18-15+;. The summed E-state index contributed by atoms with van der Waals surface area (Å²) in [5, 5.41) is 4.91. The number of halogens is 1. The number of benzene rings is 3. The van der Waals surface area contributed by atoms with Crippen LogP contribution in [0.5, 0.6) is 0 Å². The van der Waals surface area contributed by atoms with Crippen LogP contribution in [-0.2, 0) is 13.5 Å². The fraction of sp³-hybridized carbons (Fsp3) is 0.207. The van der Waals surface area contributed by atoms with Gasteiger partial charge in [-0.25, -0.2) is 4.57 Å². The van der Waals surface area contributed by atoms with Crippen LogP contribution >= 0.6 is 0 Å². The lowest BCUT2D eigenvalue weighted by Gasteiger charge is -2.12. The zero-order valence-corrected chi connectivity index (χ0v) is 21.8. The summed E-state index contributed by atoms with van der Waals surface area (Å²) in [6.07, 6.45) is 6.60. The Morgan fingerprint density at radius 1 is 0.848 bits per heavy atom. The van der Waals surface area contributed by atoms with Gasteiger partial charge in [-0.15, -0.1) is 0 Å². The number of hydrogen-bond acceptors (Lipinski definition) is 2. The summed E-state index contributed by atoms with van der Waals surface area (Å²) in [5.74, 6) is 1.14. The van der Waals surface area contributed by atoms with Crippen LogP contribution in [0.15, 0.2) is 84.9 Å². The van der Waals surface area contributed by atoms with Crippen LogP contribution in [0.2, 0.25) is 0 Å². The zero-order chi connectivity index (χ0) is 22.3. The Morgan fingerprint density at radius 2 is 1.55 bits per heavy atom. The third kappa shape index (κ3) is 6.35. The van der Waals surface area contributed by atoms with E-state index < -0.39 is 0 Å². The molecule has 4 heteroatoms. The van der Waals surface area contributed by atoms with E-state index in [2.05, 4.69) is 133 Å². The van der Waals surface area contributed by atoms with Crippen LogP contribution in [0, 0.1) is 0 Å². The van der Waals surface area contributed by atoms with E-state index in [-0.39, 0.29) is 24.0 Å². The minimum absolute atomic E-state index is 0. The van der Waals surface area contributed by atoms with Gasteiger partial charge in [0.2, 0.25) is 0 Å². The number of anilines is 2. The average molecular weight is 550 g/mol. The number of nitrogens with one attached hydrogen (secondary N) is 1. The molecule has 170 valence electrons. The third-order valence-corrected chi connectivity index (χ3v) is 5.89. The fourth-order valence-corrected chi connectivity index (χ4v) is 3.99. The second-order valence-electron chi connectivity index (χ2n) is 8.40. The second-order valence-corrected chi connectivity index (χ2v) is 8.40. The Morgan fingerprint density at radius 3 is 2.27 bits per heavy atom.